The topological polar surface area (TPSA) is 35.8 Å². The maximum atomic E-state index is 8.83. The molecule has 0 unspecified atom stereocenters. The average molecular weight is 226 g/mol. The number of nitriles is 1. The molecule has 0 heterocycles. The molecule has 2 heteroatoms. The lowest BCUT2D eigenvalue weighted by molar-refractivity contribution is 0.570. The zero-order valence-corrected chi connectivity index (χ0v) is 10.9. The van der Waals surface area contributed by atoms with Crippen LogP contribution in [0.5, 0.6) is 0 Å². The number of nitrogens with zero attached hydrogens (tertiary/aromatic N) is 1. The second-order valence-corrected chi connectivity index (χ2v) is 5.05. The molecule has 2 nitrogen and oxygen atoms in total. The van der Waals surface area contributed by atoms with E-state index in [0.717, 1.165) is 11.3 Å². The fourth-order valence-corrected chi connectivity index (χ4v) is 1.33. The van der Waals surface area contributed by atoms with Crippen molar-refractivity contribution in [2.24, 2.45) is 5.41 Å². The van der Waals surface area contributed by atoms with Crippen LogP contribution in [0, 0.1) is 35.5 Å². The van der Waals surface area contributed by atoms with E-state index in [1.54, 1.807) is 0 Å². The van der Waals surface area contributed by atoms with Crippen molar-refractivity contribution >= 4 is 5.69 Å². The van der Waals surface area contributed by atoms with Gasteiger partial charge in [-0.1, -0.05) is 17.9 Å². The summed E-state index contributed by atoms with van der Waals surface area (Å²) in [5.74, 6) is 6.26. The van der Waals surface area contributed by atoms with E-state index in [4.69, 9.17) is 5.26 Å². The summed E-state index contributed by atoms with van der Waals surface area (Å²) < 4.78 is 0. The normalized spacial score (nSPS) is 10.1. The maximum Gasteiger partial charge on any atom is 0.0992 e. The van der Waals surface area contributed by atoms with Gasteiger partial charge in [0, 0.05) is 11.1 Å². The Kier molecular flexibility index (Phi) is 4.18. The predicted octanol–water partition coefficient (Wildman–Crippen LogP) is 3.33. The Morgan fingerprint density at radius 1 is 1.29 bits per heavy atom. The van der Waals surface area contributed by atoms with Crippen molar-refractivity contribution in [2.75, 3.05) is 11.9 Å². The molecular formula is C15H18N2. The number of nitrogens with one attached hydrogen (secondary N) is 1. The lowest BCUT2D eigenvalue weighted by Gasteiger charge is -2.09. The summed E-state index contributed by atoms with van der Waals surface area (Å²) >= 11 is 0. The Bertz CT molecular complexity index is 490. The van der Waals surface area contributed by atoms with Crippen molar-refractivity contribution in [3.8, 4) is 17.9 Å². The molecule has 0 aromatic heterocycles. The second kappa shape index (κ2) is 5.41. The van der Waals surface area contributed by atoms with E-state index in [9.17, 15) is 0 Å². The molecule has 17 heavy (non-hydrogen) atoms. The first kappa shape index (κ1) is 13.1. The summed E-state index contributed by atoms with van der Waals surface area (Å²) in [5, 5.41) is 12.1. The van der Waals surface area contributed by atoms with E-state index in [2.05, 4.69) is 44.0 Å². The van der Waals surface area contributed by atoms with Gasteiger partial charge < -0.3 is 5.32 Å². The number of hydrogen-bond donors (Lipinski definition) is 1. The predicted molar refractivity (Wildman–Crippen MR) is 71.6 cm³/mol. The second-order valence-electron chi connectivity index (χ2n) is 5.05. The molecule has 0 radical (unpaired) electrons. The lowest BCUT2D eigenvalue weighted by Crippen LogP contribution is -2.04. The lowest BCUT2D eigenvalue weighted by atomic mass is 9.98. The van der Waals surface area contributed by atoms with Gasteiger partial charge in [-0.25, -0.2) is 0 Å². The molecule has 1 aromatic rings. The zero-order chi connectivity index (χ0) is 12.9. The fraction of sp³-hybridized carbons (Fsp3) is 0.400. The smallest absolute Gasteiger partial charge is 0.0992 e. The summed E-state index contributed by atoms with van der Waals surface area (Å²) in [7, 11) is 0. The molecular weight excluding hydrogens is 208 g/mol. The highest BCUT2D eigenvalue weighted by Gasteiger charge is 2.03. The van der Waals surface area contributed by atoms with Gasteiger partial charge in [0.15, 0.2) is 0 Å². The Labute approximate surface area is 104 Å². The molecule has 0 bridgehead atoms. The van der Waals surface area contributed by atoms with E-state index in [-0.39, 0.29) is 5.41 Å². The monoisotopic (exact) mass is 226 g/mol. The first-order valence-electron chi connectivity index (χ1n) is 5.67. The molecule has 0 saturated heterocycles. The standard InChI is InChI=1S/C15H18N2/c1-12-6-7-13(11-16)10-14(12)17-9-5-8-15(2,3)4/h6-7,10,17H,9H2,1-4H3. The summed E-state index contributed by atoms with van der Waals surface area (Å²) in [4.78, 5) is 0. The molecule has 0 aliphatic heterocycles. The molecule has 0 aliphatic carbocycles. The van der Waals surface area contributed by atoms with Gasteiger partial charge >= 0.3 is 0 Å². The number of hydrogen-bond acceptors (Lipinski definition) is 2. The van der Waals surface area contributed by atoms with E-state index >= 15 is 0 Å². The van der Waals surface area contributed by atoms with Gasteiger partial charge in [-0.05, 0) is 45.4 Å². The Balaban J connectivity index is 2.69. The van der Waals surface area contributed by atoms with Gasteiger partial charge in [0.25, 0.3) is 0 Å². The molecule has 1 rings (SSSR count). The van der Waals surface area contributed by atoms with Crippen LogP contribution in [-0.4, -0.2) is 6.54 Å². The van der Waals surface area contributed by atoms with Crippen LogP contribution in [0.2, 0.25) is 0 Å². The molecule has 0 saturated carbocycles. The van der Waals surface area contributed by atoms with E-state index < -0.39 is 0 Å². The fourth-order valence-electron chi connectivity index (χ4n) is 1.33. The third-order valence-electron chi connectivity index (χ3n) is 2.20. The molecule has 0 fully saturated rings. The SMILES string of the molecule is Cc1ccc(C#N)cc1NCC#CC(C)(C)C. The molecule has 0 spiro atoms. The minimum atomic E-state index is 0.0330. The number of rotatable bonds is 2. The Morgan fingerprint density at radius 2 is 2.00 bits per heavy atom. The van der Waals surface area contributed by atoms with Crippen LogP contribution in [0.1, 0.15) is 31.9 Å². The van der Waals surface area contributed by atoms with Crippen LogP contribution in [0.15, 0.2) is 18.2 Å². The van der Waals surface area contributed by atoms with E-state index in [0.29, 0.717) is 12.1 Å². The molecule has 88 valence electrons. The van der Waals surface area contributed by atoms with Gasteiger partial charge in [-0.2, -0.15) is 5.26 Å². The summed E-state index contributed by atoms with van der Waals surface area (Å²) in [5.41, 5.74) is 2.81. The van der Waals surface area contributed by atoms with Crippen molar-refractivity contribution in [3.63, 3.8) is 0 Å². The number of aryl methyl sites for hydroxylation is 1. The minimum absolute atomic E-state index is 0.0330. The van der Waals surface area contributed by atoms with Crippen LogP contribution in [-0.2, 0) is 0 Å². The van der Waals surface area contributed by atoms with Gasteiger partial charge in [0.05, 0.1) is 18.2 Å². The third kappa shape index (κ3) is 4.62. The van der Waals surface area contributed by atoms with Crippen LogP contribution >= 0.6 is 0 Å². The van der Waals surface area contributed by atoms with Crippen molar-refractivity contribution in [1.29, 1.82) is 5.26 Å². The van der Waals surface area contributed by atoms with Crippen molar-refractivity contribution in [3.05, 3.63) is 29.3 Å². The summed E-state index contributed by atoms with van der Waals surface area (Å²) in [6, 6.07) is 7.75. The van der Waals surface area contributed by atoms with Crippen molar-refractivity contribution in [1.82, 2.24) is 0 Å². The number of benzene rings is 1. The molecule has 0 amide bonds. The minimum Gasteiger partial charge on any atom is -0.374 e. The van der Waals surface area contributed by atoms with Crippen molar-refractivity contribution in [2.45, 2.75) is 27.7 Å². The van der Waals surface area contributed by atoms with E-state index in [1.165, 1.54) is 0 Å². The summed E-state index contributed by atoms with van der Waals surface area (Å²) in [6.45, 7) is 8.87. The summed E-state index contributed by atoms with van der Waals surface area (Å²) in [6.07, 6.45) is 0. The van der Waals surface area contributed by atoms with Crippen LogP contribution in [0.3, 0.4) is 0 Å². The van der Waals surface area contributed by atoms with Crippen molar-refractivity contribution < 1.29 is 0 Å². The van der Waals surface area contributed by atoms with Gasteiger partial charge in [0.2, 0.25) is 0 Å². The largest absolute Gasteiger partial charge is 0.374 e. The first-order valence-corrected chi connectivity index (χ1v) is 5.67. The van der Waals surface area contributed by atoms with Gasteiger partial charge in [-0.3, -0.25) is 0 Å². The zero-order valence-electron chi connectivity index (χ0n) is 10.9. The van der Waals surface area contributed by atoms with E-state index in [1.807, 2.05) is 25.1 Å². The Morgan fingerprint density at radius 3 is 2.59 bits per heavy atom. The van der Waals surface area contributed by atoms with Gasteiger partial charge in [0.1, 0.15) is 0 Å². The average Bonchev–Trinajstić information content (AvgIpc) is 2.25. The van der Waals surface area contributed by atoms with Crippen LogP contribution in [0.4, 0.5) is 5.69 Å². The first-order chi connectivity index (χ1) is 7.92. The Hall–Kier alpha value is -1.93. The molecule has 0 atom stereocenters. The molecule has 1 N–H and O–H groups in total. The maximum absolute atomic E-state index is 8.83. The molecule has 0 aliphatic rings. The molecule has 1 aromatic carbocycles. The highest BCUT2D eigenvalue weighted by Crippen LogP contribution is 2.16. The highest BCUT2D eigenvalue weighted by atomic mass is 14.9. The van der Waals surface area contributed by atoms with Gasteiger partial charge in [-0.15, -0.1) is 0 Å². The highest BCUT2D eigenvalue weighted by molar-refractivity contribution is 5.55. The quantitative estimate of drug-likeness (QED) is 0.785. The third-order valence-corrected chi connectivity index (χ3v) is 2.20. The van der Waals surface area contributed by atoms with Crippen LogP contribution < -0.4 is 5.32 Å². The number of anilines is 1. The van der Waals surface area contributed by atoms with Crippen LogP contribution in [0.25, 0.3) is 0 Å².